The molecule has 0 aromatic heterocycles. The summed E-state index contributed by atoms with van der Waals surface area (Å²) in [6.45, 7) is 6.30. The summed E-state index contributed by atoms with van der Waals surface area (Å²) < 4.78 is 5.64. The SMILES string of the molecule is Cc1cc(C)c(NC(=O)CCCOc2ccc(Cl)c(C)c2)c(Cl)c1. The molecule has 1 N–H and O–H groups in total. The Kier molecular flexibility index (Phi) is 6.52. The molecule has 0 bridgehead atoms. The van der Waals surface area contributed by atoms with Crippen molar-refractivity contribution in [1.29, 1.82) is 0 Å². The quantitative estimate of drug-likeness (QED) is 0.665. The number of hydrogen-bond acceptors (Lipinski definition) is 2. The van der Waals surface area contributed by atoms with E-state index in [9.17, 15) is 4.79 Å². The highest BCUT2D eigenvalue weighted by Gasteiger charge is 2.09. The first-order valence-electron chi connectivity index (χ1n) is 7.82. The number of carbonyl (C=O) groups excluding carboxylic acids is 1. The largest absolute Gasteiger partial charge is 0.494 e. The Labute approximate surface area is 152 Å². The summed E-state index contributed by atoms with van der Waals surface area (Å²) in [5, 5.41) is 4.16. The van der Waals surface area contributed by atoms with Crippen molar-refractivity contribution in [1.82, 2.24) is 0 Å². The Bertz CT molecular complexity index is 721. The fourth-order valence-corrected chi connectivity index (χ4v) is 2.89. The molecule has 0 fully saturated rings. The molecule has 0 saturated heterocycles. The van der Waals surface area contributed by atoms with E-state index in [0.717, 1.165) is 22.4 Å². The summed E-state index contributed by atoms with van der Waals surface area (Å²) in [6.07, 6.45) is 0.992. The number of ether oxygens (including phenoxy) is 1. The van der Waals surface area contributed by atoms with Crippen molar-refractivity contribution < 1.29 is 9.53 Å². The Morgan fingerprint density at radius 3 is 2.46 bits per heavy atom. The van der Waals surface area contributed by atoms with E-state index in [2.05, 4.69) is 5.32 Å². The first kappa shape index (κ1) is 18.6. The van der Waals surface area contributed by atoms with Crippen LogP contribution in [0.5, 0.6) is 5.75 Å². The van der Waals surface area contributed by atoms with E-state index in [1.807, 2.05) is 45.0 Å². The van der Waals surface area contributed by atoms with Gasteiger partial charge >= 0.3 is 0 Å². The van der Waals surface area contributed by atoms with Crippen molar-refractivity contribution in [3.05, 3.63) is 57.1 Å². The second-order valence-corrected chi connectivity index (χ2v) is 6.66. The molecule has 0 radical (unpaired) electrons. The van der Waals surface area contributed by atoms with E-state index in [4.69, 9.17) is 27.9 Å². The Morgan fingerprint density at radius 1 is 1.04 bits per heavy atom. The highest BCUT2D eigenvalue weighted by Crippen LogP contribution is 2.27. The van der Waals surface area contributed by atoms with Crippen LogP contribution in [0.3, 0.4) is 0 Å². The van der Waals surface area contributed by atoms with E-state index in [1.165, 1.54) is 0 Å². The van der Waals surface area contributed by atoms with E-state index < -0.39 is 0 Å². The lowest BCUT2D eigenvalue weighted by Gasteiger charge is -2.12. The minimum atomic E-state index is -0.0697. The third-order valence-electron chi connectivity index (χ3n) is 3.64. The zero-order valence-electron chi connectivity index (χ0n) is 14.1. The second kappa shape index (κ2) is 8.41. The fourth-order valence-electron chi connectivity index (χ4n) is 2.41. The van der Waals surface area contributed by atoms with Gasteiger partial charge in [-0.15, -0.1) is 0 Å². The minimum Gasteiger partial charge on any atom is -0.494 e. The lowest BCUT2D eigenvalue weighted by molar-refractivity contribution is -0.116. The molecule has 2 aromatic rings. The number of nitrogens with one attached hydrogen (secondary N) is 1. The third kappa shape index (κ3) is 5.15. The van der Waals surface area contributed by atoms with Gasteiger partial charge in [-0.1, -0.05) is 29.3 Å². The third-order valence-corrected chi connectivity index (χ3v) is 4.36. The van der Waals surface area contributed by atoms with Crippen molar-refractivity contribution in [3.8, 4) is 5.75 Å². The lowest BCUT2D eigenvalue weighted by atomic mass is 10.1. The van der Waals surface area contributed by atoms with Gasteiger partial charge in [0.1, 0.15) is 5.75 Å². The molecule has 0 spiro atoms. The molecule has 128 valence electrons. The van der Waals surface area contributed by atoms with Gasteiger partial charge in [0.25, 0.3) is 0 Å². The molecule has 2 aromatic carbocycles. The highest BCUT2D eigenvalue weighted by atomic mass is 35.5. The zero-order valence-corrected chi connectivity index (χ0v) is 15.6. The van der Waals surface area contributed by atoms with Crippen LogP contribution in [0.4, 0.5) is 5.69 Å². The number of anilines is 1. The fraction of sp³-hybridized carbons (Fsp3) is 0.316. The van der Waals surface area contributed by atoms with Gasteiger partial charge in [0.15, 0.2) is 0 Å². The smallest absolute Gasteiger partial charge is 0.224 e. The normalized spacial score (nSPS) is 10.5. The number of benzene rings is 2. The molecule has 2 rings (SSSR count). The van der Waals surface area contributed by atoms with Crippen LogP contribution in [0.15, 0.2) is 30.3 Å². The molecular formula is C19H21Cl2NO2. The van der Waals surface area contributed by atoms with E-state index in [1.54, 1.807) is 6.07 Å². The molecular weight excluding hydrogens is 345 g/mol. The molecule has 0 aliphatic carbocycles. The molecule has 3 nitrogen and oxygen atoms in total. The summed E-state index contributed by atoms with van der Waals surface area (Å²) in [6, 6.07) is 9.35. The van der Waals surface area contributed by atoms with Crippen LogP contribution < -0.4 is 10.1 Å². The molecule has 0 aliphatic rings. The Balaban J connectivity index is 1.80. The van der Waals surface area contributed by atoms with Crippen LogP contribution in [0.2, 0.25) is 10.0 Å². The van der Waals surface area contributed by atoms with Gasteiger partial charge in [-0.3, -0.25) is 4.79 Å². The first-order chi connectivity index (χ1) is 11.4. The van der Waals surface area contributed by atoms with Crippen molar-refractivity contribution in [2.45, 2.75) is 33.6 Å². The number of hydrogen-bond donors (Lipinski definition) is 1. The van der Waals surface area contributed by atoms with Gasteiger partial charge in [0.05, 0.1) is 17.3 Å². The summed E-state index contributed by atoms with van der Waals surface area (Å²) in [7, 11) is 0. The maximum atomic E-state index is 12.1. The van der Waals surface area contributed by atoms with Crippen LogP contribution in [0.1, 0.15) is 29.5 Å². The first-order valence-corrected chi connectivity index (χ1v) is 8.58. The van der Waals surface area contributed by atoms with Gasteiger partial charge < -0.3 is 10.1 Å². The van der Waals surface area contributed by atoms with Crippen molar-refractivity contribution in [3.63, 3.8) is 0 Å². The lowest BCUT2D eigenvalue weighted by Crippen LogP contribution is -2.14. The number of carbonyl (C=O) groups is 1. The van der Waals surface area contributed by atoms with Crippen LogP contribution in [0.25, 0.3) is 0 Å². The van der Waals surface area contributed by atoms with Gasteiger partial charge in [-0.05, 0) is 68.1 Å². The van der Waals surface area contributed by atoms with E-state index in [-0.39, 0.29) is 5.91 Å². The summed E-state index contributed by atoms with van der Waals surface area (Å²) in [4.78, 5) is 12.1. The average molecular weight is 366 g/mol. The predicted octanol–water partition coefficient (Wildman–Crippen LogP) is 5.72. The Morgan fingerprint density at radius 2 is 1.79 bits per heavy atom. The topological polar surface area (TPSA) is 38.3 Å². The maximum Gasteiger partial charge on any atom is 0.224 e. The monoisotopic (exact) mass is 365 g/mol. The summed E-state index contributed by atoms with van der Waals surface area (Å²) in [5.74, 6) is 0.689. The standard InChI is InChI=1S/C19H21Cl2NO2/c1-12-9-14(3)19(17(21)10-12)22-18(23)5-4-8-24-15-6-7-16(20)13(2)11-15/h6-7,9-11H,4-5,8H2,1-3H3,(H,22,23). The summed E-state index contributed by atoms with van der Waals surface area (Å²) >= 11 is 12.2. The zero-order chi connectivity index (χ0) is 17.7. The van der Waals surface area contributed by atoms with Crippen molar-refractivity contribution in [2.24, 2.45) is 0 Å². The van der Waals surface area contributed by atoms with Crippen LogP contribution in [-0.4, -0.2) is 12.5 Å². The van der Waals surface area contributed by atoms with Crippen LogP contribution >= 0.6 is 23.2 Å². The predicted molar refractivity (Wildman–Crippen MR) is 100 cm³/mol. The number of amides is 1. The molecule has 1 amide bonds. The Hall–Kier alpha value is -1.71. The summed E-state index contributed by atoms with van der Waals surface area (Å²) in [5.41, 5.74) is 3.68. The second-order valence-electron chi connectivity index (χ2n) is 5.85. The molecule has 0 unspecified atom stereocenters. The van der Waals surface area contributed by atoms with Gasteiger partial charge in [-0.25, -0.2) is 0 Å². The van der Waals surface area contributed by atoms with E-state index >= 15 is 0 Å². The van der Waals surface area contributed by atoms with Crippen molar-refractivity contribution in [2.75, 3.05) is 11.9 Å². The van der Waals surface area contributed by atoms with Crippen LogP contribution in [0, 0.1) is 20.8 Å². The molecule has 0 heterocycles. The molecule has 0 saturated carbocycles. The number of halogens is 2. The van der Waals surface area contributed by atoms with Gasteiger partial charge in [0, 0.05) is 11.4 Å². The molecule has 0 atom stereocenters. The molecule has 5 heteroatoms. The maximum absolute atomic E-state index is 12.1. The molecule has 0 aliphatic heterocycles. The van der Waals surface area contributed by atoms with Gasteiger partial charge in [0.2, 0.25) is 5.91 Å². The minimum absolute atomic E-state index is 0.0697. The number of aryl methyl sites for hydroxylation is 3. The van der Waals surface area contributed by atoms with E-state index in [0.29, 0.717) is 35.2 Å². The van der Waals surface area contributed by atoms with Crippen molar-refractivity contribution >= 4 is 34.8 Å². The van der Waals surface area contributed by atoms with Crippen LogP contribution in [-0.2, 0) is 4.79 Å². The number of rotatable bonds is 6. The highest BCUT2D eigenvalue weighted by molar-refractivity contribution is 6.34. The average Bonchev–Trinajstić information content (AvgIpc) is 2.51. The molecule has 24 heavy (non-hydrogen) atoms. The van der Waals surface area contributed by atoms with Gasteiger partial charge in [-0.2, -0.15) is 0 Å².